The molecule has 2 aliphatic rings. The van der Waals surface area contributed by atoms with Crippen molar-refractivity contribution >= 4 is 5.78 Å². The molecule has 2 aromatic carbocycles. The van der Waals surface area contributed by atoms with E-state index in [9.17, 15) is 9.70 Å². The first-order chi connectivity index (χ1) is 11.2. The fraction of sp³-hybridized carbons (Fsp3) is 0.350. The normalized spacial score (nSPS) is 26.5. The van der Waals surface area contributed by atoms with Crippen LogP contribution in [0.3, 0.4) is 0 Å². The summed E-state index contributed by atoms with van der Waals surface area (Å²) in [6.07, 6.45) is 2.61. The predicted molar refractivity (Wildman–Crippen MR) is 88.4 cm³/mol. The van der Waals surface area contributed by atoms with Gasteiger partial charge in [-0.25, -0.2) is 0 Å². The number of hydrogen-bond donors (Lipinski definition) is 0. The van der Waals surface area contributed by atoms with Gasteiger partial charge in [0.15, 0.2) is 0 Å². The Balaban J connectivity index is 1.69. The summed E-state index contributed by atoms with van der Waals surface area (Å²) in [6, 6.07) is 18.3. The summed E-state index contributed by atoms with van der Waals surface area (Å²) >= 11 is 0. The minimum atomic E-state index is -0.103. The molecule has 4 rings (SSSR count). The van der Waals surface area contributed by atoms with Gasteiger partial charge in [0.25, 0.3) is 0 Å². The quantitative estimate of drug-likeness (QED) is 0.798. The molecule has 0 amide bonds. The highest BCUT2D eigenvalue weighted by Gasteiger charge is 2.51. The van der Waals surface area contributed by atoms with E-state index < -0.39 is 0 Å². The van der Waals surface area contributed by atoms with Crippen molar-refractivity contribution in [2.45, 2.75) is 31.2 Å². The van der Waals surface area contributed by atoms with E-state index in [0.717, 1.165) is 29.6 Å². The van der Waals surface area contributed by atoms with E-state index in [1.807, 2.05) is 30.3 Å². The summed E-state index contributed by atoms with van der Waals surface area (Å²) in [7, 11) is 0. The zero-order valence-electron chi connectivity index (χ0n) is 13.0. The molecule has 3 nitrogen and oxygen atoms in total. The molecule has 1 saturated heterocycles. The molecule has 3 unspecified atom stereocenters. The molecule has 1 heterocycles. The van der Waals surface area contributed by atoms with Crippen LogP contribution in [0.4, 0.5) is 0 Å². The van der Waals surface area contributed by atoms with Crippen molar-refractivity contribution in [1.29, 1.82) is 0 Å². The molecular formula is C20H20NO2+. The Morgan fingerprint density at radius 2 is 1.74 bits per heavy atom. The van der Waals surface area contributed by atoms with Crippen molar-refractivity contribution < 1.29 is 9.55 Å². The van der Waals surface area contributed by atoms with Gasteiger partial charge in [-0.1, -0.05) is 54.6 Å². The van der Waals surface area contributed by atoms with Crippen molar-refractivity contribution in [2.75, 3.05) is 6.54 Å². The number of piperidine rings is 1. The maximum atomic E-state index is 12.6. The second kappa shape index (κ2) is 5.73. The van der Waals surface area contributed by atoms with E-state index in [-0.39, 0.29) is 30.2 Å². The third kappa shape index (κ3) is 2.50. The fourth-order valence-electron chi connectivity index (χ4n) is 4.30. The van der Waals surface area contributed by atoms with Crippen LogP contribution in [-0.2, 0) is 17.6 Å². The first-order valence-corrected chi connectivity index (χ1v) is 8.32. The van der Waals surface area contributed by atoms with Gasteiger partial charge in [-0.15, -0.1) is 0 Å². The molecule has 3 heteroatoms. The van der Waals surface area contributed by atoms with Crippen molar-refractivity contribution in [3.63, 3.8) is 0 Å². The number of rotatable bonds is 2. The molecule has 1 aliphatic carbocycles. The smallest absolute Gasteiger partial charge is 0.250 e. The van der Waals surface area contributed by atoms with Crippen LogP contribution in [-0.4, -0.2) is 23.1 Å². The van der Waals surface area contributed by atoms with Gasteiger partial charge < -0.3 is 0 Å². The van der Waals surface area contributed by atoms with Crippen LogP contribution in [0.5, 0.6) is 0 Å². The summed E-state index contributed by atoms with van der Waals surface area (Å²) in [5.41, 5.74) is 3.60. The number of benzene rings is 2. The standard InChI is InChI=1S/C20H20NO2/c22-19-13-21(23)18(12-14-6-2-1-3-7-14)17-11-10-15-8-4-5-9-16(15)20(17)19/h1-9,17-18,20H,10-13H2/q+1. The van der Waals surface area contributed by atoms with E-state index in [1.54, 1.807) is 0 Å². The molecule has 116 valence electrons. The molecule has 0 spiro atoms. The highest BCUT2D eigenvalue weighted by molar-refractivity contribution is 5.88. The first-order valence-electron chi connectivity index (χ1n) is 8.32. The van der Waals surface area contributed by atoms with Gasteiger partial charge in [-0.2, -0.15) is 0 Å². The Hall–Kier alpha value is -2.29. The third-order valence-corrected chi connectivity index (χ3v) is 5.38. The summed E-state index contributed by atoms with van der Waals surface area (Å²) in [5, 5.41) is 0. The van der Waals surface area contributed by atoms with Crippen LogP contribution in [0.15, 0.2) is 54.6 Å². The zero-order valence-corrected chi connectivity index (χ0v) is 13.0. The van der Waals surface area contributed by atoms with E-state index in [2.05, 4.69) is 24.3 Å². The van der Waals surface area contributed by atoms with Gasteiger partial charge in [-0.3, -0.25) is 4.79 Å². The lowest BCUT2D eigenvalue weighted by atomic mass is 9.67. The Morgan fingerprint density at radius 3 is 2.57 bits per heavy atom. The van der Waals surface area contributed by atoms with Crippen LogP contribution in [0, 0.1) is 10.8 Å². The lowest BCUT2D eigenvalue weighted by molar-refractivity contribution is -0.591. The highest BCUT2D eigenvalue weighted by atomic mass is 16.3. The van der Waals surface area contributed by atoms with Gasteiger partial charge >= 0.3 is 0 Å². The Kier molecular flexibility index (Phi) is 3.56. The molecule has 2 aromatic rings. The largest absolute Gasteiger partial charge is 0.292 e. The molecule has 0 N–H and O–H groups in total. The first kappa shape index (κ1) is 14.3. The van der Waals surface area contributed by atoms with Gasteiger partial charge in [0, 0.05) is 22.0 Å². The molecule has 3 atom stereocenters. The maximum absolute atomic E-state index is 12.6. The second-order valence-corrected chi connectivity index (χ2v) is 6.68. The van der Waals surface area contributed by atoms with Gasteiger partial charge in [0.2, 0.25) is 18.4 Å². The second-order valence-electron chi connectivity index (χ2n) is 6.68. The number of hydrogen-bond acceptors (Lipinski definition) is 2. The molecule has 0 saturated carbocycles. The van der Waals surface area contributed by atoms with Gasteiger partial charge in [0.1, 0.15) is 0 Å². The molecular weight excluding hydrogens is 286 g/mol. The summed E-state index contributed by atoms with van der Waals surface area (Å²) in [4.78, 5) is 25.0. The topological polar surface area (TPSA) is 37.1 Å². The Labute approximate surface area is 135 Å². The predicted octanol–water partition coefficient (Wildman–Crippen LogP) is 3.31. The van der Waals surface area contributed by atoms with Crippen molar-refractivity contribution in [3.8, 4) is 0 Å². The number of nitroso groups, excluding NO2 is 1. The summed E-state index contributed by atoms with van der Waals surface area (Å²) < 4.78 is 1.03. The van der Waals surface area contributed by atoms with E-state index >= 15 is 0 Å². The van der Waals surface area contributed by atoms with Crippen LogP contribution >= 0.6 is 0 Å². The van der Waals surface area contributed by atoms with E-state index in [4.69, 9.17) is 0 Å². The van der Waals surface area contributed by atoms with Gasteiger partial charge in [-0.05, 0) is 29.5 Å². The Bertz CT molecular complexity index is 753. The highest BCUT2D eigenvalue weighted by Crippen LogP contribution is 2.42. The monoisotopic (exact) mass is 306 g/mol. The number of carbonyl (C=O) groups is 1. The van der Waals surface area contributed by atoms with Crippen LogP contribution < -0.4 is 0 Å². The fourth-order valence-corrected chi connectivity index (χ4v) is 4.30. The Morgan fingerprint density at radius 1 is 1.00 bits per heavy atom. The SMILES string of the molecule is O=C1C[N+](=O)C(Cc2ccccc2)C2CCc3ccccc3C12. The van der Waals surface area contributed by atoms with Crippen LogP contribution in [0.1, 0.15) is 29.0 Å². The summed E-state index contributed by atoms with van der Waals surface area (Å²) in [6.45, 7) is 0.0208. The van der Waals surface area contributed by atoms with Gasteiger partial charge in [0.05, 0.1) is 5.92 Å². The van der Waals surface area contributed by atoms with Crippen molar-refractivity contribution in [1.82, 2.24) is 0 Å². The molecule has 1 fully saturated rings. The molecule has 0 radical (unpaired) electrons. The summed E-state index contributed by atoms with van der Waals surface area (Å²) in [5.74, 6) is 0.115. The third-order valence-electron chi connectivity index (χ3n) is 5.38. The number of ketones is 1. The van der Waals surface area contributed by atoms with Crippen LogP contribution in [0.25, 0.3) is 0 Å². The average molecular weight is 306 g/mol. The number of aryl methyl sites for hydroxylation is 1. The zero-order chi connectivity index (χ0) is 15.8. The number of nitrogens with zero attached hydrogens (tertiary/aromatic N) is 1. The average Bonchev–Trinajstić information content (AvgIpc) is 2.58. The number of Topliss-reactive ketones (excluding diaryl/α,β-unsaturated/α-hetero) is 1. The minimum absolute atomic E-state index is 0.0208. The molecule has 23 heavy (non-hydrogen) atoms. The van der Waals surface area contributed by atoms with Crippen LogP contribution in [0.2, 0.25) is 0 Å². The van der Waals surface area contributed by atoms with E-state index in [1.165, 1.54) is 11.1 Å². The molecule has 1 aliphatic heterocycles. The number of carbonyl (C=O) groups excluding carboxylic acids is 1. The lowest BCUT2D eigenvalue weighted by Crippen LogP contribution is -2.49. The molecule has 0 aromatic heterocycles. The minimum Gasteiger partial charge on any atom is -0.292 e. The lowest BCUT2D eigenvalue weighted by Gasteiger charge is -2.36. The number of fused-ring (bicyclic) bond motifs is 3. The maximum Gasteiger partial charge on any atom is 0.250 e. The van der Waals surface area contributed by atoms with Crippen molar-refractivity contribution in [3.05, 3.63) is 76.2 Å². The van der Waals surface area contributed by atoms with E-state index in [0.29, 0.717) is 0 Å². The molecule has 0 bridgehead atoms. The van der Waals surface area contributed by atoms with Crippen molar-refractivity contribution in [2.24, 2.45) is 5.92 Å².